The van der Waals surface area contributed by atoms with Gasteiger partial charge in [0.05, 0.1) is 6.42 Å². The number of amides is 2. The van der Waals surface area contributed by atoms with Crippen molar-refractivity contribution in [2.75, 3.05) is 23.7 Å². The number of rotatable bonds is 5. The molecular formula is C14H18N2O2S. The SMILES string of the molecule is O=C(Cc1ccc(N2CCCC2=O)cc1)NCCS. The maximum absolute atomic E-state index is 11.6. The van der Waals surface area contributed by atoms with Crippen LogP contribution in [0.3, 0.4) is 0 Å². The van der Waals surface area contributed by atoms with Gasteiger partial charge in [0.25, 0.3) is 0 Å². The zero-order valence-corrected chi connectivity index (χ0v) is 11.7. The topological polar surface area (TPSA) is 49.4 Å². The first kappa shape index (κ1) is 13.9. The fraction of sp³-hybridized carbons (Fsp3) is 0.429. The molecule has 2 amide bonds. The molecule has 1 fully saturated rings. The summed E-state index contributed by atoms with van der Waals surface area (Å²) in [5.74, 6) is 0.820. The quantitative estimate of drug-likeness (QED) is 0.800. The van der Waals surface area contributed by atoms with Gasteiger partial charge in [-0.1, -0.05) is 12.1 Å². The number of nitrogens with one attached hydrogen (secondary N) is 1. The van der Waals surface area contributed by atoms with Gasteiger partial charge < -0.3 is 10.2 Å². The Morgan fingerprint density at radius 3 is 2.63 bits per heavy atom. The van der Waals surface area contributed by atoms with Crippen LogP contribution in [0.1, 0.15) is 18.4 Å². The van der Waals surface area contributed by atoms with Gasteiger partial charge in [0, 0.05) is 31.0 Å². The summed E-state index contributed by atoms with van der Waals surface area (Å²) in [7, 11) is 0. The summed E-state index contributed by atoms with van der Waals surface area (Å²) in [5.41, 5.74) is 1.87. The highest BCUT2D eigenvalue weighted by molar-refractivity contribution is 7.80. The molecule has 1 heterocycles. The number of nitrogens with zero attached hydrogens (tertiary/aromatic N) is 1. The Labute approximate surface area is 118 Å². The molecule has 1 aliphatic heterocycles. The number of benzene rings is 1. The van der Waals surface area contributed by atoms with E-state index in [1.165, 1.54) is 0 Å². The molecule has 1 aromatic carbocycles. The van der Waals surface area contributed by atoms with Crippen LogP contribution >= 0.6 is 12.6 Å². The Morgan fingerprint density at radius 1 is 1.32 bits per heavy atom. The molecule has 0 spiro atoms. The van der Waals surface area contributed by atoms with Gasteiger partial charge in [-0.25, -0.2) is 0 Å². The van der Waals surface area contributed by atoms with Crippen molar-refractivity contribution in [1.29, 1.82) is 0 Å². The van der Waals surface area contributed by atoms with Crippen molar-refractivity contribution in [3.05, 3.63) is 29.8 Å². The minimum absolute atomic E-state index is 0.000881. The molecular weight excluding hydrogens is 260 g/mol. The maximum Gasteiger partial charge on any atom is 0.227 e. The van der Waals surface area contributed by atoms with Gasteiger partial charge in [0.15, 0.2) is 0 Å². The van der Waals surface area contributed by atoms with Gasteiger partial charge in [0.2, 0.25) is 11.8 Å². The van der Waals surface area contributed by atoms with E-state index >= 15 is 0 Å². The standard InChI is InChI=1S/C14H18N2O2S/c17-13(15-7-9-19)10-11-3-5-12(6-4-11)16-8-1-2-14(16)18/h3-6,19H,1-2,7-10H2,(H,15,17). The van der Waals surface area contributed by atoms with Crippen LogP contribution in [0.5, 0.6) is 0 Å². The molecule has 102 valence electrons. The predicted octanol–water partition coefficient (Wildman–Crippen LogP) is 1.40. The van der Waals surface area contributed by atoms with Crippen LogP contribution in [-0.4, -0.2) is 30.7 Å². The molecule has 0 unspecified atom stereocenters. The first-order valence-corrected chi connectivity index (χ1v) is 7.11. The zero-order chi connectivity index (χ0) is 13.7. The molecule has 1 aliphatic rings. The first-order valence-electron chi connectivity index (χ1n) is 6.47. The third kappa shape index (κ3) is 3.73. The number of hydrogen-bond donors (Lipinski definition) is 2. The molecule has 0 atom stereocenters. The molecule has 5 heteroatoms. The zero-order valence-electron chi connectivity index (χ0n) is 10.8. The average molecular weight is 278 g/mol. The van der Waals surface area contributed by atoms with Crippen LogP contribution in [0.4, 0.5) is 5.69 Å². The van der Waals surface area contributed by atoms with E-state index in [1.54, 1.807) is 4.90 Å². The van der Waals surface area contributed by atoms with E-state index < -0.39 is 0 Å². The van der Waals surface area contributed by atoms with Crippen LogP contribution < -0.4 is 10.2 Å². The highest BCUT2D eigenvalue weighted by Crippen LogP contribution is 2.21. The van der Waals surface area contributed by atoms with Crippen molar-refractivity contribution in [2.24, 2.45) is 0 Å². The van der Waals surface area contributed by atoms with Crippen LogP contribution in [0.25, 0.3) is 0 Å². The summed E-state index contributed by atoms with van der Waals surface area (Å²) >= 11 is 4.04. The van der Waals surface area contributed by atoms with Gasteiger partial charge in [-0.3, -0.25) is 9.59 Å². The van der Waals surface area contributed by atoms with Crippen molar-refractivity contribution < 1.29 is 9.59 Å². The minimum atomic E-state index is -0.000881. The van der Waals surface area contributed by atoms with Crippen molar-refractivity contribution in [1.82, 2.24) is 5.32 Å². The molecule has 1 aromatic rings. The molecule has 0 radical (unpaired) electrons. The second kappa shape index (κ2) is 6.61. The Bertz CT molecular complexity index is 459. The Hall–Kier alpha value is -1.49. The highest BCUT2D eigenvalue weighted by atomic mass is 32.1. The van der Waals surface area contributed by atoms with Crippen molar-refractivity contribution in [3.63, 3.8) is 0 Å². The summed E-state index contributed by atoms with van der Waals surface area (Å²) in [6, 6.07) is 7.62. The number of carbonyl (C=O) groups excluding carboxylic acids is 2. The fourth-order valence-corrected chi connectivity index (χ4v) is 2.27. The summed E-state index contributed by atoms with van der Waals surface area (Å²) in [6.45, 7) is 1.38. The lowest BCUT2D eigenvalue weighted by Gasteiger charge is -2.15. The van der Waals surface area contributed by atoms with Gasteiger partial charge in [-0.05, 0) is 24.1 Å². The van der Waals surface area contributed by atoms with Gasteiger partial charge in [-0.2, -0.15) is 12.6 Å². The lowest BCUT2D eigenvalue weighted by atomic mass is 10.1. The summed E-state index contributed by atoms with van der Waals surface area (Å²) in [4.78, 5) is 25.0. The first-order chi connectivity index (χ1) is 9.20. The van der Waals surface area contributed by atoms with Crippen molar-refractivity contribution in [2.45, 2.75) is 19.3 Å². The molecule has 0 aliphatic carbocycles. The third-order valence-corrected chi connectivity index (χ3v) is 3.34. The van der Waals surface area contributed by atoms with E-state index in [4.69, 9.17) is 0 Å². The largest absolute Gasteiger partial charge is 0.355 e. The Balaban J connectivity index is 1.94. The van der Waals surface area contributed by atoms with E-state index in [9.17, 15) is 9.59 Å². The van der Waals surface area contributed by atoms with Crippen molar-refractivity contribution in [3.8, 4) is 0 Å². The number of carbonyl (C=O) groups is 2. The van der Waals surface area contributed by atoms with Crippen LogP contribution in [0.2, 0.25) is 0 Å². The van der Waals surface area contributed by atoms with E-state index in [-0.39, 0.29) is 11.8 Å². The van der Waals surface area contributed by atoms with Crippen LogP contribution in [0.15, 0.2) is 24.3 Å². The fourth-order valence-electron chi connectivity index (χ4n) is 2.16. The Morgan fingerprint density at radius 2 is 2.05 bits per heavy atom. The van der Waals surface area contributed by atoms with Gasteiger partial charge >= 0.3 is 0 Å². The average Bonchev–Trinajstić information content (AvgIpc) is 2.83. The minimum Gasteiger partial charge on any atom is -0.355 e. The maximum atomic E-state index is 11.6. The Kier molecular flexibility index (Phi) is 4.85. The summed E-state index contributed by atoms with van der Waals surface area (Å²) in [6.07, 6.45) is 1.92. The van der Waals surface area contributed by atoms with E-state index in [0.717, 1.165) is 24.2 Å². The monoisotopic (exact) mass is 278 g/mol. The molecule has 4 nitrogen and oxygen atoms in total. The molecule has 2 rings (SSSR count). The van der Waals surface area contributed by atoms with Crippen molar-refractivity contribution >= 4 is 30.1 Å². The third-order valence-electron chi connectivity index (χ3n) is 3.12. The number of anilines is 1. The molecule has 0 bridgehead atoms. The molecule has 1 saturated heterocycles. The van der Waals surface area contributed by atoms with E-state index in [2.05, 4.69) is 17.9 Å². The highest BCUT2D eigenvalue weighted by Gasteiger charge is 2.21. The molecule has 19 heavy (non-hydrogen) atoms. The molecule has 0 aromatic heterocycles. The predicted molar refractivity (Wildman–Crippen MR) is 78.6 cm³/mol. The summed E-state index contributed by atoms with van der Waals surface area (Å²) in [5, 5.41) is 2.78. The van der Waals surface area contributed by atoms with Gasteiger partial charge in [0.1, 0.15) is 0 Å². The van der Waals surface area contributed by atoms with Crippen LogP contribution in [-0.2, 0) is 16.0 Å². The molecule has 1 N–H and O–H groups in total. The van der Waals surface area contributed by atoms with E-state index in [1.807, 2.05) is 24.3 Å². The lowest BCUT2D eigenvalue weighted by molar-refractivity contribution is -0.120. The number of hydrogen-bond acceptors (Lipinski definition) is 3. The second-order valence-electron chi connectivity index (χ2n) is 4.57. The van der Waals surface area contributed by atoms with E-state index in [0.29, 0.717) is 25.1 Å². The van der Waals surface area contributed by atoms with Gasteiger partial charge in [-0.15, -0.1) is 0 Å². The normalized spacial score (nSPS) is 14.8. The lowest BCUT2D eigenvalue weighted by Crippen LogP contribution is -2.27. The second-order valence-corrected chi connectivity index (χ2v) is 5.01. The summed E-state index contributed by atoms with van der Waals surface area (Å²) < 4.78 is 0. The smallest absolute Gasteiger partial charge is 0.227 e. The molecule has 0 saturated carbocycles. The number of thiol groups is 1. The van der Waals surface area contributed by atoms with Crippen LogP contribution in [0, 0.1) is 0 Å².